The number of nitrogens with zero attached hydrogens (tertiary/aromatic N) is 1. The Balaban J connectivity index is 1.85. The van der Waals surface area contributed by atoms with Gasteiger partial charge >= 0.3 is 5.97 Å². The highest BCUT2D eigenvalue weighted by atomic mass is 16.4. The Kier molecular flexibility index (Phi) is 4.85. The predicted octanol–water partition coefficient (Wildman–Crippen LogP) is 2.31. The van der Waals surface area contributed by atoms with Crippen LogP contribution < -0.4 is 5.32 Å². The van der Waals surface area contributed by atoms with Gasteiger partial charge in [-0.15, -0.1) is 0 Å². The number of carbonyl (C=O) groups is 1. The monoisotopic (exact) mass is 270 g/mol. The summed E-state index contributed by atoms with van der Waals surface area (Å²) in [7, 11) is 0. The molecule has 0 saturated heterocycles. The molecular formula is C16H18N2O2. The molecule has 0 fully saturated rings. The molecule has 0 aliphatic heterocycles. The van der Waals surface area contributed by atoms with Gasteiger partial charge in [0.15, 0.2) is 0 Å². The van der Waals surface area contributed by atoms with Gasteiger partial charge < -0.3 is 10.4 Å². The van der Waals surface area contributed by atoms with E-state index in [1.807, 2.05) is 43.3 Å². The molecule has 4 heteroatoms. The van der Waals surface area contributed by atoms with E-state index >= 15 is 0 Å². The molecule has 2 rings (SSSR count). The lowest BCUT2D eigenvalue weighted by Crippen LogP contribution is -2.14. The van der Waals surface area contributed by atoms with Crippen LogP contribution in [0.4, 0.5) is 0 Å². The average molecular weight is 270 g/mol. The van der Waals surface area contributed by atoms with Crippen LogP contribution in [0.5, 0.6) is 0 Å². The minimum absolute atomic E-state index is 0.0703. The summed E-state index contributed by atoms with van der Waals surface area (Å²) >= 11 is 0. The van der Waals surface area contributed by atoms with E-state index in [9.17, 15) is 4.79 Å². The molecule has 104 valence electrons. The fourth-order valence-electron chi connectivity index (χ4n) is 1.98. The first-order chi connectivity index (χ1) is 9.65. The van der Waals surface area contributed by atoms with Crippen LogP contribution in [0.1, 0.15) is 22.4 Å². The number of hydrogen-bond acceptors (Lipinski definition) is 3. The van der Waals surface area contributed by atoms with Gasteiger partial charge in [0.1, 0.15) is 0 Å². The van der Waals surface area contributed by atoms with Gasteiger partial charge in [-0.1, -0.05) is 30.3 Å². The van der Waals surface area contributed by atoms with Crippen molar-refractivity contribution >= 4 is 5.97 Å². The summed E-state index contributed by atoms with van der Waals surface area (Å²) in [4.78, 5) is 14.9. The van der Waals surface area contributed by atoms with Gasteiger partial charge in [0.2, 0.25) is 0 Å². The second kappa shape index (κ2) is 6.82. The lowest BCUT2D eigenvalue weighted by molar-refractivity contribution is -0.136. The minimum atomic E-state index is -0.804. The van der Waals surface area contributed by atoms with E-state index < -0.39 is 5.97 Å². The largest absolute Gasteiger partial charge is 0.481 e. The number of hydrogen-bond donors (Lipinski definition) is 2. The fraction of sp³-hybridized carbons (Fsp3) is 0.250. The van der Waals surface area contributed by atoms with E-state index in [1.165, 1.54) is 5.56 Å². The van der Waals surface area contributed by atoms with Crippen molar-refractivity contribution in [3.05, 3.63) is 65.0 Å². The number of aryl methyl sites for hydroxylation is 1. The zero-order valence-corrected chi connectivity index (χ0v) is 11.5. The van der Waals surface area contributed by atoms with Gasteiger partial charge in [-0.05, 0) is 29.7 Å². The van der Waals surface area contributed by atoms with Crippen molar-refractivity contribution < 1.29 is 9.90 Å². The first-order valence-electron chi connectivity index (χ1n) is 6.56. The third-order valence-electron chi connectivity index (χ3n) is 3.12. The van der Waals surface area contributed by atoms with Gasteiger partial charge in [-0.2, -0.15) is 0 Å². The summed E-state index contributed by atoms with van der Waals surface area (Å²) < 4.78 is 0. The number of carboxylic acids is 1. The molecule has 1 heterocycles. The Morgan fingerprint density at radius 3 is 2.50 bits per heavy atom. The van der Waals surface area contributed by atoms with Crippen LogP contribution in [0.2, 0.25) is 0 Å². The minimum Gasteiger partial charge on any atom is -0.481 e. The normalized spacial score (nSPS) is 10.4. The molecule has 2 aromatic rings. The van der Waals surface area contributed by atoms with E-state index in [2.05, 4.69) is 10.3 Å². The van der Waals surface area contributed by atoms with Gasteiger partial charge in [-0.25, -0.2) is 0 Å². The Morgan fingerprint density at radius 1 is 1.15 bits per heavy atom. The summed E-state index contributed by atoms with van der Waals surface area (Å²) in [6.45, 7) is 3.51. The lowest BCUT2D eigenvalue weighted by atomic mass is 10.1. The third kappa shape index (κ3) is 4.17. The highest BCUT2D eigenvalue weighted by Crippen LogP contribution is 2.06. The van der Waals surface area contributed by atoms with Gasteiger partial charge in [-0.3, -0.25) is 9.78 Å². The molecule has 1 aromatic carbocycles. The number of nitrogens with one attached hydrogen (secondary N) is 1. The van der Waals surface area contributed by atoms with Crippen LogP contribution in [0.25, 0.3) is 0 Å². The molecule has 0 atom stereocenters. The number of aliphatic carboxylic acids is 1. The van der Waals surface area contributed by atoms with E-state index in [0.29, 0.717) is 0 Å². The fourth-order valence-corrected chi connectivity index (χ4v) is 1.98. The molecule has 0 aliphatic carbocycles. The number of aromatic nitrogens is 1. The van der Waals surface area contributed by atoms with Crippen molar-refractivity contribution in [1.82, 2.24) is 10.3 Å². The van der Waals surface area contributed by atoms with Crippen molar-refractivity contribution in [3.8, 4) is 0 Å². The maximum Gasteiger partial charge on any atom is 0.307 e. The van der Waals surface area contributed by atoms with Crippen LogP contribution in [0.3, 0.4) is 0 Å². The van der Waals surface area contributed by atoms with Crippen LogP contribution >= 0.6 is 0 Å². The molecule has 0 unspecified atom stereocenters. The van der Waals surface area contributed by atoms with Crippen LogP contribution in [0.15, 0.2) is 42.6 Å². The SMILES string of the molecule is Cc1cccnc1CNCc1ccc(CC(=O)O)cc1. The molecule has 20 heavy (non-hydrogen) atoms. The van der Waals surface area contributed by atoms with Crippen molar-refractivity contribution in [2.45, 2.75) is 26.4 Å². The molecule has 2 N–H and O–H groups in total. The molecule has 1 aromatic heterocycles. The van der Waals surface area contributed by atoms with E-state index in [1.54, 1.807) is 6.20 Å². The molecule has 4 nitrogen and oxygen atoms in total. The topological polar surface area (TPSA) is 62.2 Å². The summed E-state index contributed by atoms with van der Waals surface area (Å²) in [5.41, 5.74) is 4.18. The van der Waals surface area contributed by atoms with Crippen LogP contribution in [-0.4, -0.2) is 16.1 Å². The second-order valence-electron chi connectivity index (χ2n) is 4.76. The van der Waals surface area contributed by atoms with E-state index in [4.69, 9.17) is 5.11 Å². The number of carboxylic acid groups (broad SMARTS) is 1. The second-order valence-corrected chi connectivity index (χ2v) is 4.76. The summed E-state index contributed by atoms with van der Waals surface area (Å²) in [6.07, 6.45) is 1.87. The zero-order valence-electron chi connectivity index (χ0n) is 11.5. The summed E-state index contributed by atoms with van der Waals surface area (Å²) in [6, 6.07) is 11.6. The Bertz CT molecular complexity index is 579. The van der Waals surface area contributed by atoms with Crippen molar-refractivity contribution in [3.63, 3.8) is 0 Å². The Hall–Kier alpha value is -2.20. The number of benzene rings is 1. The number of pyridine rings is 1. The lowest BCUT2D eigenvalue weighted by Gasteiger charge is -2.07. The van der Waals surface area contributed by atoms with Gasteiger partial charge in [0.25, 0.3) is 0 Å². The van der Waals surface area contributed by atoms with Crippen LogP contribution in [0, 0.1) is 6.92 Å². The first-order valence-corrected chi connectivity index (χ1v) is 6.56. The van der Waals surface area contributed by atoms with E-state index in [-0.39, 0.29) is 6.42 Å². The van der Waals surface area contributed by atoms with Crippen molar-refractivity contribution in [1.29, 1.82) is 0 Å². The quantitative estimate of drug-likeness (QED) is 0.845. The smallest absolute Gasteiger partial charge is 0.307 e. The zero-order chi connectivity index (χ0) is 14.4. The standard InChI is InChI=1S/C16H18N2O2/c1-12-3-2-8-18-15(12)11-17-10-14-6-4-13(5-7-14)9-16(19)20/h2-8,17H,9-11H2,1H3,(H,19,20). The van der Waals surface area contributed by atoms with Crippen molar-refractivity contribution in [2.75, 3.05) is 0 Å². The predicted molar refractivity (Wildman–Crippen MR) is 77.3 cm³/mol. The maximum atomic E-state index is 10.6. The van der Waals surface area contributed by atoms with Crippen LogP contribution in [-0.2, 0) is 24.3 Å². The van der Waals surface area contributed by atoms with Gasteiger partial charge in [0.05, 0.1) is 12.1 Å². The molecule has 0 saturated carbocycles. The molecule has 0 aliphatic rings. The average Bonchev–Trinajstić information content (AvgIpc) is 2.42. The molecule has 0 spiro atoms. The maximum absolute atomic E-state index is 10.6. The highest BCUT2D eigenvalue weighted by molar-refractivity contribution is 5.70. The number of rotatable bonds is 6. The Morgan fingerprint density at radius 2 is 1.85 bits per heavy atom. The summed E-state index contributed by atoms with van der Waals surface area (Å²) in [5, 5.41) is 12.1. The molecule has 0 bridgehead atoms. The third-order valence-corrected chi connectivity index (χ3v) is 3.12. The molecule has 0 amide bonds. The van der Waals surface area contributed by atoms with Crippen molar-refractivity contribution in [2.24, 2.45) is 0 Å². The molecule has 0 radical (unpaired) electrons. The molecular weight excluding hydrogens is 252 g/mol. The van der Waals surface area contributed by atoms with Gasteiger partial charge in [0, 0.05) is 19.3 Å². The first kappa shape index (κ1) is 14.2. The Labute approximate surface area is 118 Å². The highest BCUT2D eigenvalue weighted by Gasteiger charge is 2.01. The van der Waals surface area contributed by atoms with E-state index in [0.717, 1.165) is 29.9 Å². The summed E-state index contributed by atoms with van der Waals surface area (Å²) in [5.74, 6) is -0.804.